The van der Waals surface area contributed by atoms with Gasteiger partial charge < -0.3 is 19.3 Å². The predicted molar refractivity (Wildman–Crippen MR) is 76.7 cm³/mol. The molecule has 1 saturated heterocycles. The van der Waals surface area contributed by atoms with E-state index in [0.717, 1.165) is 30.8 Å². The maximum Gasteiger partial charge on any atom is 0.157 e. The van der Waals surface area contributed by atoms with Crippen LogP contribution < -0.4 is 4.74 Å². The summed E-state index contributed by atoms with van der Waals surface area (Å²) >= 11 is 0. The van der Waals surface area contributed by atoms with Crippen molar-refractivity contribution in [1.29, 1.82) is 0 Å². The summed E-state index contributed by atoms with van der Waals surface area (Å²) in [6.45, 7) is 5.35. The molecule has 4 nitrogen and oxygen atoms in total. The van der Waals surface area contributed by atoms with Gasteiger partial charge in [-0.25, -0.2) is 0 Å². The molecule has 20 heavy (non-hydrogen) atoms. The standard InChI is InChI=1S/C16H24O4/c1-16(2,17)13-6-8-14(9-7-13)18-11-12-20-15-5-3-4-10-19-15/h6-9,15,17H,3-5,10-12H2,1-2H3. The van der Waals surface area contributed by atoms with Crippen LogP contribution in [0, 0.1) is 0 Å². The quantitative estimate of drug-likeness (QED) is 0.814. The minimum atomic E-state index is -0.819. The molecule has 1 aliphatic heterocycles. The van der Waals surface area contributed by atoms with Crippen molar-refractivity contribution < 1.29 is 19.3 Å². The van der Waals surface area contributed by atoms with Gasteiger partial charge in [-0.1, -0.05) is 12.1 Å². The first-order chi connectivity index (χ1) is 9.55. The second kappa shape index (κ2) is 7.07. The van der Waals surface area contributed by atoms with Crippen LogP contribution in [0.3, 0.4) is 0 Å². The Morgan fingerprint density at radius 3 is 2.55 bits per heavy atom. The van der Waals surface area contributed by atoms with Crippen molar-refractivity contribution in [2.75, 3.05) is 19.8 Å². The first-order valence-electron chi connectivity index (χ1n) is 7.24. The number of hydrogen-bond acceptors (Lipinski definition) is 4. The van der Waals surface area contributed by atoms with Crippen molar-refractivity contribution >= 4 is 0 Å². The third-order valence-electron chi connectivity index (χ3n) is 3.35. The highest BCUT2D eigenvalue weighted by atomic mass is 16.7. The lowest BCUT2D eigenvalue weighted by atomic mass is 9.99. The smallest absolute Gasteiger partial charge is 0.157 e. The molecule has 1 aromatic carbocycles. The number of ether oxygens (including phenoxy) is 3. The summed E-state index contributed by atoms with van der Waals surface area (Å²) < 4.78 is 16.7. The largest absolute Gasteiger partial charge is 0.491 e. The van der Waals surface area contributed by atoms with E-state index in [9.17, 15) is 5.11 Å². The van der Waals surface area contributed by atoms with E-state index in [1.54, 1.807) is 13.8 Å². The highest BCUT2D eigenvalue weighted by Gasteiger charge is 2.15. The van der Waals surface area contributed by atoms with E-state index in [2.05, 4.69) is 0 Å². The Labute approximate surface area is 120 Å². The fourth-order valence-electron chi connectivity index (χ4n) is 2.14. The highest BCUT2D eigenvalue weighted by molar-refractivity contribution is 5.30. The number of hydrogen-bond donors (Lipinski definition) is 1. The third kappa shape index (κ3) is 4.78. The molecule has 2 rings (SSSR count). The highest BCUT2D eigenvalue weighted by Crippen LogP contribution is 2.22. The van der Waals surface area contributed by atoms with E-state index in [1.165, 1.54) is 6.42 Å². The van der Waals surface area contributed by atoms with E-state index in [-0.39, 0.29) is 6.29 Å². The lowest BCUT2D eigenvalue weighted by molar-refractivity contribution is -0.165. The lowest BCUT2D eigenvalue weighted by Crippen LogP contribution is -2.24. The number of aliphatic hydroxyl groups is 1. The van der Waals surface area contributed by atoms with Gasteiger partial charge in [0.15, 0.2) is 6.29 Å². The summed E-state index contributed by atoms with van der Waals surface area (Å²) in [5.41, 5.74) is 0.0525. The maximum atomic E-state index is 9.86. The third-order valence-corrected chi connectivity index (χ3v) is 3.35. The molecule has 0 saturated carbocycles. The van der Waals surface area contributed by atoms with Gasteiger partial charge in [0.05, 0.1) is 12.2 Å². The molecule has 0 aliphatic carbocycles. The molecule has 1 atom stereocenters. The maximum absolute atomic E-state index is 9.86. The van der Waals surface area contributed by atoms with E-state index in [1.807, 2.05) is 24.3 Å². The molecule has 1 aliphatic rings. The van der Waals surface area contributed by atoms with Gasteiger partial charge >= 0.3 is 0 Å². The fraction of sp³-hybridized carbons (Fsp3) is 0.625. The Hall–Kier alpha value is -1.10. The van der Waals surface area contributed by atoms with Crippen LogP contribution in [0.1, 0.15) is 38.7 Å². The normalized spacial score (nSPS) is 19.9. The number of benzene rings is 1. The molecule has 1 unspecified atom stereocenters. The van der Waals surface area contributed by atoms with Gasteiger partial charge in [0.2, 0.25) is 0 Å². The summed E-state index contributed by atoms with van der Waals surface area (Å²) in [6, 6.07) is 7.48. The molecule has 4 heteroatoms. The van der Waals surface area contributed by atoms with Gasteiger partial charge in [-0.15, -0.1) is 0 Å². The average molecular weight is 280 g/mol. The zero-order valence-electron chi connectivity index (χ0n) is 12.3. The fourth-order valence-corrected chi connectivity index (χ4v) is 2.14. The second-order valence-electron chi connectivity index (χ2n) is 5.60. The molecule has 1 N–H and O–H groups in total. The van der Waals surface area contributed by atoms with Crippen LogP contribution in [0.2, 0.25) is 0 Å². The average Bonchev–Trinajstić information content (AvgIpc) is 2.44. The summed E-state index contributed by atoms with van der Waals surface area (Å²) in [5.74, 6) is 0.783. The molecule has 1 heterocycles. The van der Waals surface area contributed by atoms with Crippen LogP contribution in [0.15, 0.2) is 24.3 Å². The Morgan fingerprint density at radius 2 is 1.95 bits per heavy atom. The van der Waals surface area contributed by atoms with E-state index in [0.29, 0.717) is 13.2 Å². The van der Waals surface area contributed by atoms with E-state index in [4.69, 9.17) is 14.2 Å². The summed E-state index contributed by atoms with van der Waals surface area (Å²) in [4.78, 5) is 0. The predicted octanol–water partition coefficient (Wildman–Crippen LogP) is 2.84. The van der Waals surface area contributed by atoms with Crippen molar-refractivity contribution in [1.82, 2.24) is 0 Å². The molecular formula is C16H24O4. The molecule has 1 aromatic rings. The van der Waals surface area contributed by atoms with Gasteiger partial charge in [-0.2, -0.15) is 0 Å². The molecule has 0 amide bonds. The van der Waals surface area contributed by atoms with Gasteiger partial charge in [0.1, 0.15) is 12.4 Å². The summed E-state index contributed by atoms with van der Waals surface area (Å²) in [6.07, 6.45) is 3.21. The monoisotopic (exact) mass is 280 g/mol. The van der Waals surface area contributed by atoms with Crippen LogP contribution in [0.4, 0.5) is 0 Å². The Kier molecular flexibility index (Phi) is 5.40. The Balaban J connectivity index is 1.68. The van der Waals surface area contributed by atoms with Gasteiger partial charge in [-0.3, -0.25) is 0 Å². The molecule has 112 valence electrons. The SMILES string of the molecule is CC(C)(O)c1ccc(OCCOC2CCCCO2)cc1. The van der Waals surface area contributed by atoms with Crippen molar-refractivity contribution in [2.45, 2.75) is 45.0 Å². The molecule has 0 radical (unpaired) electrons. The summed E-state index contributed by atoms with van der Waals surface area (Å²) in [7, 11) is 0. The second-order valence-corrected chi connectivity index (χ2v) is 5.60. The minimum absolute atomic E-state index is 0.0649. The first kappa shape index (κ1) is 15.3. The van der Waals surface area contributed by atoms with Crippen LogP contribution in [0.25, 0.3) is 0 Å². The van der Waals surface area contributed by atoms with E-state index < -0.39 is 5.60 Å². The van der Waals surface area contributed by atoms with Crippen LogP contribution >= 0.6 is 0 Å². The van der Waals surface area contributed by atoms with Crippen LogP contribution in [-0.4, -0.2) is 31.2 Å². The van der Waals surface area contributed by atoms with Crippen LogP contribution in [0.5, 0.6) is 5.75 Å². The molecule has 0 aromatic heterocycles. The molecule has 0 bridgehead atoms. The number of rotatable bonds is 6. The molecule has 1 fully saturated rings. The first-order valence-corrected chi connectivity index (χ1v) is 7.24. The van der Waals surface area contributed by atoms with Gasteiger partial charge in [0.25, 0.3) is 0 Å². The lowest BCUT2D eigenvalue weighted by Gasteiger charge is -2.22. The van der Waals surface area contributed by atoms with Crippen molar-refractivity contribution in [3.63, 3.8) is 0 Å². The Bertz CT molecular complexity index is 388. The minimum Gasteiger partial charge on any atom is -0.491 e. The van der Waals surface area contributed by atoms with Crippen molar-refractivity contribution in [3.05, 3.63) is 29.8 Å². The molecular weight excluding hydrogens is 256 g/mol. The zero-order chi connectivity index (χ0) is 14.4. The summed E-state index contributed by atoms with van der Waals surface area (Å²) in [5, 5.41) is 9.86. The topological polar surface area (TPSA) is 47.9 Å². The molecule has 0 spiro atoms. The van der Waals surface area contributed by atoms with Crippen molar-refractivity contribution in [3.8, 4) is 5.75 Å². The zero-order valence-corrected chi connectivity index (χ0v) is 12.3. The van der Waals surface area contributed by atoms with Gasteiger partial charge in [0, 0.05) is 6.61 Å². The van der Waals surface area contributed by atoms with Crippen LogP contribution in [-0.2, 0) is 15.1 Å². The Morgan fingerprint density at radius 1 is 1.20 bits per heavy atom. The van der Waals surface area contributed by atoms with Crippen molar-refractivity contribution in [2.24, 2.45) is 0 Å². The van der Waals surface area contributed by atoms with E-state index >= 15 is 0 Å². The van der Waals surface area contributed by atoms with Gasteiger partial charge in [-0.05, 0) is 50.8 Å².